The SMILES string of the molecule is CS(=O)(=O)c1ccc(O[C@H]2c3cc(Cl)cc(Cl)c3C[C@@H]2N2CC[C@@H](NCCF)C2)cc1. The lowest BCUT2D eigenvalue weighted by Gasteiger charge is -2.30. The average molecular weight is 487 g/mol. The zero-order valence-corrected chi connectivity index (χ0v) is 19.5. The summed E-state index contributed by atoms with van der Waals surface area (Å²) in [5.74, 6) is 0.581. The maximum absolute atomic E-state index is 12.6. The molecule has 1 fully saturated rings. The molecule has 0 radical (unpaired) electrons. The van der Waals surface area contributed by atoms with Crippen molar-refractivity contribution in [1.82, 2.24) is 10.2 Å². The van der Waals surface area contributed by atoms with E-state index in [1.54, 1.807) is 30.3 Å². The number of sulfone groups is 1. The molecule has 0 amide bonds. The lowest BCUT2D eigenvalue weighted by atomic mass is 10.1. The summed E-state index contributed by atoms with van der Waals surface area (Å²) < 4.78 is 42.4. The smallest absolute Gasteiger partial charge is 0.175 e. The molecule has 5 nitrogen and oxygen atoms in total. The van der Waals surface area contributed by atoms with Gasteiger partial charge in [-0.05, 0) is 54.8 Å². The molecule has 9 heteroatoms. The summed E-state index contributed by atoms with van der Waals surface area (Å²) in [6, 6.07) is 10.4. The Labute approximate surface area is 192 Å². The minimum Gasteiger partial charge on any atom is -0.484 e. The van der Waals surface area contributed by atoms with Gasteiger partial charge in [-0.25, -0.2) is 12.8 Å². The molecule has 31 heavy (non-hydrogen) atoms. The molecule has 0 bridgehead atoms. The van der Waals surface area contributed by atoms with Crippen molar-refractivity contribution in [2.45, 2.75) is 35.9 Å². The van der Waals surface area contributed by atoms with Crippen molar-refractivity contribution < 1.29 is 17.5 Å². The summed E-state index contributed by atoms with van der Waals surface area (Å²) in [6.07, 6.45) is 2.55. The summed E-state index contributed by atoms with van der Waals surface area (Å²) in [7, 11) is -3.28. The predicted octanol–water partition coefficient (Wildman–Crippen LogP) is 4.08. The van der Waals surface area contributed by atoms with Gasteiger partial charge in [0.1, 0.15) is 18.5 Å². The number of hydrogen-bond acceptors (Lipinski definition) is 5. The van der Waals surface area contributed by atoms with Crippen molar-refractivity contribution in [3.8, 4) is 5.75 Å². The van der Waals surface area contributed by atoms with Crippen LogP contribution in [0.5, 0.6) is 5.75 Å². The van der Waals surface area contributed by atoms with Crippen LogP contribution < -0.4 is 10.1 Å². The van der Waals surface area contributed by atoms with Crippen molar-refractivity contribution >= 4 is 33.0 Å². The van der Waals surface area contributed by atoms with Gasteiger partial charge in [-0.15, -0.1) is 0 Å². The van der Waals surface area contributed by atoms with Crippen LogP contribution in [0.2, 0.25) is 10.0 Å². The average Bonchev–Trinajstić information content (AvgIpc) is 3.31. The highest BCUT2D eigenvalue weighted by molar-refractivity contribution is 7.90. The topological polar surface area (TPSA) is 58.6 Å². The first-order valence-corrected chi connectivity index (χ1v) is 12.9. The number of nitrogens with one attached hydrogen (secondary N) is 1. The van der Waals surface area contributed by atoms with Gasteiger partial charge in [-0.1, -0.05) is 23.2 Å². The van der Waals surface area contributed by atoms with Gasteiger partial charge in [0.05, 0.1) is 10.9 Å². The van der Waals surface area contributed by atoms with Crippen LogP contribution in [-0.4, -0.2) is 58.0 Å². The second-order valence-electron chi connectivity index (χ2n) is 8.13. The molecule has 0 unspecified atom stereocenters. The fourth-order valence-electron chi connectivity index (χ4n) is 4.50. The van der Waals surface area contributed by atoms with Crippen LogP contribution in [0.3, 0.4) is 0 Å². The van der Waals surface area contributed by atoms with E-state index in [1.807, 2.05) is 6.07 Å². The van der Waals surface area contributed by atoms with Gasteiger partial charge in [0.2, 0.25) is 0 Å². The molecular formula is C22H25Cl2FN2O3S. The second kappa shape index (κ2) is 9.24. The van der Waals surface area contributed by atoms with Crippen LogP contribution in [0.1, 0.15) is 23.7 Å². The molecule has 2 aliphatic rings. The Morgan fingerprint density at radius 3 is 2.65 bits per heavy atom. The van der Waals surface area contributed by atoms with Crippen LogP contribution in [0.4, 0.5) is 4.39 Å². The zero-order chi connectivity index (χ0) is 22.2. The van der Waals surface area contributed by atoms with Gasteiger partial charge in [-0.2, -0.15) is 0 Å². The van der Waals surface area contributed by atoms with Crippen molar-refractivity contribution in [2.24, 2.45) is 0 Å². The number of ether oxygens (including phenoxy) is 1. The van der Waals surface area contributed by atoms with Crippen LogP contribution in [0.15, 0.2) is 41.3 Å². The Hall–Kier alpha value is -1.38. The third-order valence-corrected chi connectivity index (χ3v) is 7.68. The fraction of sp³-hybridized carbons (Fsp3) is 0.455. The molecule has 1 N–H and O–H groups in total. The molecule has 2 aromatic carbocycles. The second-order valence-corrected chi connectivity index (χ2v) is 11.0. The van der Waals surface area contributed by atoms with Gasteiger partial charge in [0, 0.05) is 47.5 Å². The molecule has 4 rings (SSSR count). The molecule has 0 spiro atoms. The first-order valence-electron chi connectivity index (χ1n) is 10.2. The lowest BCUT2D eigenvalue weighted by molar-refractivity contribution is 0.0925. The third kappa shape index (κ3) is 5.01. The number of nitrogens with zero attached hydrogens (tertiary/aromatic N) is 1. The Morgan fingerprint density at radius 2 is 1.97 bits per heavy atom. The van der Waals surface area contributed by atoms with Crippen molar-refractivity contribution in [1.29, 1.82) is 0 Å². The van der Waals surface area contributed by atoms with Crippen molar-refractivity contribution in [3.63, 3.8) is 0 Å². The number of rotatable bonds is 7. The van der Waals surface area contributed by atoms with Crippen LogP contribution in [0, 0.1) is 0 Å². The largest absolute Gasteiger partial charge is 0.484 e. The summed E-state index contributed by atoms with van der Waals surface area (Å²) >= 11 is 12.8. The number of halogens is 3. The number of benzene rings is 2. The quantitative estimate of drug-likeness (QED) is 0.638. The van der Waals surface area contributed by atoms with E-state index in [9.17, 15) is 12.8 Å². The molecule has 1 heterocycles. The van der Waals surface area contributed by atoms with Gasteiger partial charge >= 0.3 is 0 Å². The minimum atomic E-state index is -3.28. The Balaban J connectivity index is 1.60. The molecule has 0 saturated carbocycles. The molecule has 1 saturated heterocycles. The fourth-order valence-corrected chi connectivity index (χ4v) is 5.72. The predicted molar refractivity (Wildman–Crippen MR) is 121 cm³/mol. The van der Waals surface area contributed by atoms with E-state index in [-0.39, 0.29) is 29.8 Å². The van der Waals surface area contributed by atoms with E-state index >= 15 is 0 Å². The molecular weight excluding hydrogens is 462 g/mol. The highest BCUT2D eigenvalue weighted by Gasteiger charge is 2.41. The normalized spacial score (nSPS) is 23.8. The standard InChI is InChI=1S/C22H25Cl2FN2O3S/c1-31(28,29)17-4-2-16(3-5-17)30-22-19-10-14(23)11-20(24)18(19)12-21(22)27-9-6-15(13-27)26-8-7-25/h2-5,10-11,15,21-22,26H,6-9,12-13H2,1H3/t15-,21+,22+/m1/s1. The van der Waals surface area contributed by atoms with E-state index in [2.05, 4.69) is 10.2 Å². The number of alkyl halides is 1. The Morgan fingerprint density at radius 1 is 1.23 bits per heavy atom. The summed E-state index contributed by atoms with van der Waals surface area (Å²) in [5, 5.41) is 4.42. The number of hydrogen-bond donors (Lipinski definition) is 1. The lowest BCUT2D eigenvalue weighted by Crippen LogP contribution is -2.41. The van der Waals surface area contributed by atoms with Crippen LogP contribution in [-0.2, 0) is 16.3 Å². The van der Waals surface area contributed by atoms with E-state index in [0.29, 0.717) is 22.3 Å². The van der Waals surface area contributed by atoms with Gasteiger partial charge < -0.3 is 10.1 Å². The van der Waals surface area contributed by atoms with Gasteiger partial charge in [0.25, 0.3) is 0 Å². The third-order valence-electron chi connectivity index (χ3n) is 6.00. The number of likely N-dealkylation sites (tertiary alicyclic amines) is 1. The highest BCUT2D eigenvalue weighted by atomic mass is 35.5. The van der Waals surface area contributed by atoms with Crippen molar-refractivity contribution in [3.05, 3.63) is 57.6 Å². The molecule has 1 aliphatic carbocycles. The van der Waals surface area contributed by atoms with Gasteiger partial charge in [0.15, 0.2) is 9.84 Å². The van der Waals surface area contributed by atoms with Gasteiger partial charge in [-0.3, -0.25) is 4.90 Å². The number of fused-ring (bicyclic) bond motifs is 1. The van der Waals surface area contributed by atoms with E-state index in [4.69, 9.17) is 27.9 Å². The van der Waals surface area contributed by atoms with E-state index in [0.717, 1.165) is 37.1 Å². The molecule has 1 aliphatic heterocycles. The van der Waals surface area contributed by atoms with E-state index in [1.165, 1.54) is 6.26 Å². The van der Waals surface area contributed by atoms with Crippen molar-refractivity contribution in [2.75, 3.05) is 32.6 Å². The first kappa shape index (κ1) is 22.8. The maximum Gasteiger partial charge on any atom is 0.175 e. The molecule has 168 valence electrons. The maximum atomic E-state index is 12.6. The Bertz CT molecular complexity index is 1050. The molecule has 0 aromatic heterocycles. The molecule has 3 atom stereocenters. The molecule has 2 aromatic rings. The highest BCUT2D eigenvalue weighted by Crippen LogP contribution is 2.43. The first-order chi connectivity index (χ1) is 14.8. The van der Waals surface area contributed by atoms with Crippen LogP contribution in [0.25, 0.3) is 0 Å². The van der Waals surface area contributed by atoms with Crippen LogP contribution >= 0.6 is 23.2 Å². The Kier molecular flexibility index (Phi) is 6.79. The van der Waals surface area contributed by atoms with E-state index < -0.39 is 9.84 Å². The monoisotopic (exact) mass is 486 g/mol. The summed E-state index contributed by atoms with van der Waals surface area (Å²) in [4.78, 5) is 2.60. The summed E-state index contributed by atoms with van der Waals surface area (Å²) in [6.45, 7) is 1.66. The minimum absolute atomic E-state index is 0.0535. The zero-order valence-electron chi connectivity index (χ0n) is 17.2. The summed E-state index contributed by atoms with van der Waals surface area (Å²) in [5.41, 5.74) is 1.98.